The number of hydrogen-bond donors (Lipinski definition) is 1. The normalized spacial score (nSPS) is 17.0. The number of rotatable bonds is 3. The molecule has 0 saturated carbocycles. The Labute approximate surface area is 163 Å². The number of nitrogens with one attached hydrogen (secondary N) is 1. The minimum atomic E-state index is -0.322. The molecule has 1 saturated heterocycles. The van der Waals surface area contributed by atoms with Crippen molar-refractivity contribution in [3.05, 3.63) is 63.9 Å². The molecule has 0 spiro atoms. The molecule has 2 aliphatic rings. The van der Waals surface area contributed by atoms with Crippen LogP contribution in [-0.4, -0.2) is 42.0 Å². The molecular formula is C21H23ClFN3O. The molecule has 1 N–H and O–H groups in total. The lowest BCUT2D eigenvalue weighted by molar-refractivity contribution is 0.143. The highest BCUT2D eigenvalue weighted by Crippen LogP contribution is 2.25. The second-order valence-corrected chi connectivity index (χ2v) is 7.67. The Hall–Kier alpha value is -2.11. The van der Waals surface area contributed by atoms with Crippen LogP contribution in [0.5, 0.6) is 0 Å². The van der Waals surface area contributed by atoms with Crippen LogP contribution < -0.4 is 5.32 Å². The van der Waals surface area contributed by atoms with Gasteiger partial charge >= 0.3 is 6.03 Å². The van der Waals surface area contributed by atoms with Crippen LogP contribution >= 0.6 is 11.6 Å². The monoisotopic (exact) mass is 387 g/mol. The van der Waals surface area contributed by atoms with E-state index in [1.54, 1.807) is 6.07 Å². The third-order valence-corrected chi connectivity index (χ3v) is 5.77. The van der Waals surface area contributed by atoms with Gasteiger partial charge in [0, 0.05) is 43.4 Å². The summed E-state index contributed by atoms with van der Waals surface area (Å²) in [5.41, 5.74) is 4.55. The predicted molar refractivity (Wildman–Crippen MR) is 106 cm³/mol. The van der Waals surface area contributed by atoms with E-state index in [-0.39, 0.29) is 11.8 Å². The molecule has 1 aliphatic carbocycles. The molecule has 6 heteroatoms. The summed E-state index contributed by atoms with van der Waals surface area (Å²) in [5, 5.41) is 3.48. The van der Waals surface area contributed by atoms with Crippen molar-refractivity contribution in [1.29, 1.82) is 0 Å². The van der Waals surface area contributed by atoms with Crippen LogP contribution in [0, 0.1) is 5.82 Å². The van der Waals surface area contributed by atoms with Gasteiger partial charge in [-0.3, -0.25) is 4.90 Å². The summed E-state index contributed by atoms with van der Waals surface area (Å²) in [5.74, 6) is -0.322. The Morgan fingerprint density at radius 3 is 2.59 bits per heavy atom. The number of urea groups is 1. The lowest BCUT2D eigenvalue weighted by atomic mass is 10.1. The minimum Gasteiger partial charge on any atom is -0.322 e. The molecule has 2 aromatic rings. The van der Waals surface area contributed by atoms with Gasteiger partial charge in [0.25, 0.3) is 0 Å². The number of benzene rings is 2. The van der Waals surface area contributed by atoms with Crippen LogP contribution in [-0.2, 0) is 19.4 Å². The van der Waals surface area contributed by atoms with Crippen molar-refractivity contribution in [3.8, 4) is 0 Å². The van der Waals surface area contributed by atoms with Gasteiger partial charge in [-0.25, -0.2) is 9.18 Å². The summed E-state index contributed by atoms with van der Waals surface area (Å²) in [6.45, 7) is 3.53. The van der Waals surface area contributed by atoms with E-state index in [1.165, 1.54) is 29.7 Å². The first-order valence-electron chi connectivity index (χ1n) is 9.42. The molecule has 1 fully saturated rings. The molecule has 0 bridgehead atoms. The molecule has 2 amide bonds. The van der Waals surface area contributed by atoms with Crippen LogP contribution in [0.25, 0.3) is 0 Å². The van der Waals surface area contributed by atoms with Crippen LogP contribution in [0.4, 0.5) is 14.9 Å². The number of nitrogens with zero attached hydrogens (tertiary/aromatic N) is 2. The Bertz CT molecular complexity index is 849. The predicted octanol–water partition coefficient (Wildman–Crippen LogP) is 4.32. The topological polar surface area (TPSA) is 35.6 Å². The van der Waals surface area contributed by atoms with E-state index >= 15 is 0 Å². The standard InChI is InChI=1S/C21H23ClFN3O/c22-20-13-18(23)6-4-17(20)14-25-8-10-26(11-9-25)21(27)24-19-7-5-15-2-1-3-16(15)12-19/h4-7,12-13H,1-3,8-11,14H2,(H,24,27). The van der Waals surface area contributed by atoms with Crippen LogP contribution in [0.1, 0.15) is 23.1 Å². The molecule has 0 aromatic heterocycles. The van der Waals surface area contributed by atoms with E-state index in [2.05, 4.69) is 22.3 Å². The Balaban J connectivity index is 1.30. The first kappa shape index (κ1) is 18.3. The van der Waals surface area contributed by atoms with Crippen LogP contribution in [0.2, 0.25) is 5.02 Å². The molecule has 0 atom stereocenters. The number of fused-ring (bicyclic) bond motifs is 1. The molecule has 1 aliphatic heterocycles. The van der Waals surface area contributed by atoms with E-state index < -0.39 is 0 Å². The van der Waals surface area contributed by atoms with Gasteiger partial charge in [-0.15, -0.1) is 0 Å². The van der Waals surface area contributed by atoms with Crippen molar-refractivity contribution in [2.45, 2.75) is 25.8 Å². The molecule has 4 nitrogen and oxygen atoms in total. The summed E-state index contributed by atoms with van der Waals surface area (Å²) < 4.78 is 13.2. The fourth-order valence-electron chi connectivity index (χ4n) is 3.85. The first-order valence-corrected chi connectivity index (χ1v) is 9.80. The average molecular weight is 388 g/mol. The molecule has 4 rings (SSSR count). The lowest BCUT2D eigenvalue weighted by Gasteiger charge is -2.34. The SMILES string of the molecule is O=C(Nc1ccc2c(c1)CCC2)N1CCN(Cc2ccc(F)cc2Cl)CC1. The zero-order valence-corrected chi connectivity index (χ0v) is 15.9. The Kier molecular flexibility index (Phi) is 5.32. The molecule has 142 valence electrons. The van der Waals surface area contributed by atoms with Gasteiger partial charge in [-0.1, -0.05) is 23.7 Å². The highest BCUT2D eigenvalue weighted by molar-refractivity contribution is 6.31. The summed E-state index contributed by atoms with van der Waals surface area (Å²) in [6.07, 6.45) is 3.44. The summed E-state index contributed by atoms with van der Waals surface area (Å²) in [6, 6.07) is 10.7. The Morgan fingerprint density at radius 1 is 1.04 bits per heavy atom. The van der Waals surface area contributed by atoms with Crippen molar-refractivity contribution in [2.24, 2.45) is 0 Å². The molecule has 1 heterocycles. The zero-order valence-electron chi connectivity index (χ0n) is 15.2. The quantitative estimate of drug-likeness (QED) is 0.851. The number of amides is 2. The van der Waals surface area contributed by atoms with Gasteiger partial charge in [0.1, 0.15) is 5.82 Å². The van der Waals surface area contributed by atoms with Crippen LogP contribution in [0.3, 0.4) is 0 Å². The molecule has 0 unspecified atom stereocenters. The maximum Gasteiger partial charge on any atom is 0.321 e. The fourth-order valence-corrected chi connectivity index (χ4v) is 4.08. The maximum atomic E-state index is 13.2. The molecular weight excluding hydrogens is 365 g/mol. The van der Waals surface area contributed by atoms with Crippen molar-refractivity contribution >= 4 is 23.3 Å². The Morgan fingerprint density at radius 2 is 1.81 bits per heavy atom. The number of halogens is 2. The van der Waals surface area contributed by atoms with Gasteiger partial charge < -0.3 is 10.2 Å². The number of aryl methyl sites for hydroxylation is 2. The second kappa shape index (κ2) is 7.87. The summed E-state index contributed by atoms with van der Waals surface area (Å²) in [7, 11) is 0. The van der Waals surface area contributed by atoms with Crippen molar-refractivity contribution in [1.82, 2.24) is 9.80 Å². The van der Waals surface area contributed by atoms with E-state index in [4.69, 9.17) is 11.6 Å². The van der Waals surface area contributed by atoms with E-state index in [0.29, 0.717) is 24.7 Å². The van der Waals surface area contributed by atoms with Gasteiger partial charge in [-0.05, 0) is 60.2 Å². The molecule has 27 heavy (non-hydrogen) atoms. The highest BCUT2D eigenvalue weighted by Gasteiger charge is 2.22. The van der Waals surface area contributed by atoms with E-state index in [1.807, 2.05) is 11.0 Å². The van der Waals surface area contributed by atoms with Crippen molar-refractivity contribution in [2.75, 3.05) is 31.5 Å². The minimum absolute atomic E-state index is 0.0487. The molecule has 0 radical (unpaired) electrons. The average Bonchev–Trinajstić information content (AvgIpc) is 3.12. The van der Waals surface area contributed by atoms with E-state index in [0.717, 1.165) is 37.2 Å². The zero-order chi connectivity index (χ0) is 18.8. The van der Waals surface area contributed by atoms with Crippen LogP contribution in [0.15, 0.2) is 36.4 Å². The summed E-state index contributed by atoms with van der Waals surface area (Å²) >= 11 is 6.12. The van der Waals surface area contributed by atoms with Crippen molar-refractivity contribution < 1.29 is 9.18 Å². The van der Waals surface area contributed by atoms with Gasteiger partial charge in [-0.2, -0.15) is 0 Å². The number of carbonyl (C=O) groups is 1. The van der Waals surface area contributed by atoms with Gasteiger partial charge in [0.2, 0.25) is 0 Å². The van der Waals surface area contributed by atoms with E-state index in [9.17, 15) is 9.18 Å². The number of anilines is 1. The third kappa shape index (κ3) is 4.25. The smallest absolute Gasteiger partial charge is 0.321 e. The highest BCUT2D eigenvalue weighted by atomic mass is 35.5. The number of piperazine rings is 1. The molecule has 2 aromatic carbocycles. The fraction of sp³-hybridized carbons (Fsp3) is 0.381. The third-order valence-electron chi connectivity index (χ3n) is 5.42. The van der Waals surface area contributed by atoms with Crippen molar-refractivity contribution in [3.63, 3.8) is 0 Å². The number of carbonyl (C=O) groups excluding carboxylic acids is 1. The first-order chi connectivity index (χ1) is 13.1. The maximum absolute atomic E-state index is 13.2. The summed E-state index contributed by atoms with van der Waals surface area (Å²) in [4.78, 5) is 16.6. The van der Waals surface area contributed by atoms with Gasteiger partial charge in [0.15, 0.2) is 0 Å². The second-order valence-electron chi connectivity index (χ2n) is 7.27. The largest absolute Gasteiger partial charge is 0.322 e. The van der Waals surface area contributed by atoms with Gasteiger partial charge in [0.05, 0.1) is 0 Å². The number of hydrogen-bond acceptors (Lipinski definition) is 2. The lowest BCUT2D eigenvalue weighted by Crippen LogP contribution is -2.49.